The molecule has 0 aromatic heterocycles. The zero-order valence-electron chi connectivity index (χ0n) is 8.54. The third-order valence-corrected chi connectivity index (χ3v) is 3.74. The van der Waals surface area contributed by atoms with Gasteiger partial charge in [0.1, 0.15) is 0 Å². The van der Waals surface area contributed by atoms with E-state index >= 15 is 0 Å². The largest absolute Gasteiger partial charge is 0.329 e. The molecule has 1 saturated heterocycles. The molecule has 2 fully saturated rings. The molecule has 0 spiro atoms. The van der Waals surface area contributed by atoms with Crippen molar-refractivity contribution in [3.63, 3.8) is 0 Å². The molecule has 1 saturated carbocycles. The lowest BCUT2D eigenvalue weighted by Gasteiger charge is -2.35. The standard InChI is InChI=1S/C11H22N2/c12-9-11-7-4-8-13(11)10-5-2-1-3-6-10/h10-11H,1-9,12H2. The van der Waals surface area contributed by atoms with Gasteiger partial charge in [0.05, 0.1) is 0 Å². The smallest absolute Gasteiger partial charge is 0.0221 e. The molecule has 2 N–H and O–H groups in total. The summed E-state index contributed by atoms with van der Waals surface area (Å²) < 4.78 is 0. The normalized spacial score (nSPS) is 32.5. The number of hydrogen-bond acceptors (Lipinski definition) is 2. The van der Waals surface area contributed by atoms with E-state index < -0.39 is 0 Å². The molecule has 0 bridgehead atoms. The maximum Gasteiger partial charge on any atom is 0.0221 e. The van der Waals surface area contributed by atoms with Gasteiger partial charge in [0, 0.05) is 18.6 Å². The van der Waals surface area contributed by atoms with Crippen LogP contribution in [0.25, 0.3) is 0 Å². The number of nitrogens with zero attached hydrogens (tertiary/aromatic N) is 1. The Morgan fingerprint density at radius 2 is 1.77 bits per heavy atom. The van der Waals surface area contributed by atoms with Gasteiger partial charge in [0.2, 0.25) is 0 Å². The summed E-state index contributed by atoms with van der Waals surface area (Å²) in [5.74, 6) is 0. The molecule has 1 unspecified atom stereocenters. The van der Waals surface area contributed by atoms with Gasteiger partial charge in [-0.05, 0) is 32.2 Å². The van der Waals surface area contributed by atoms with E-state index in [0.717, 1.165) is 12.6 Å². The average Bonchev–Trinajstić information content (AvgIpc) is 2.67. The highest BCUT2D eigenvalue weighted by Crippen LogP contribution is 2.28. The molecule has 76 valence electrons. The molecule has 0 aromatic carbocycles. The van der Waals surface area contributed by atoms with Crippen molar-refractivity contribution in [3.8, 4) is 0 Å². The van der Waals surface area contributed by atoms with Gasteiger partial charge >= 0.3 is 0 Å². The molecular formula is C11H22N2. The van der Waals surface area contributed by atoms with Crippen LogP contribution in [0.2, 0.25) is 0 Å². The van der Waals surface area contributed by atoms with E-state index in [1.54, 1.807) is 0 Å². The van der Waals surface area contributed by atoms with Crippen LogP contribution in [0, 0.1) is 0 Å². The molecule has 1 aliphatic carbocycles. The van der Waals surface area contributed by atoms with Gasteiger partial charge in [0.15, 0.2) is 0 Å². The summed E-state index contributed by atoms with van der Waals surface area (Å²) in [7, 11) is 0. The second-order valence-electron chi connectivity index (χ2n) is 4.56. The Morgan fingerprint density at radius 3 is 2.46 bits per heavy atom. The van der Waals surface area contributed by atoms with Gasteiger partial charge in [-0.15, -0.1) is 0 Å². The topological polar surface area (TPSA) is 29.3 Å². The van der Waals surface area contributed by atoms with Gasteiger partial charge in [-0.1, -0.05) is 19.3 Å². The summed E-state index contributed by atoms with van der Waals surface area (Å²) in [6.45, 7) is 2.18. The van der Waals surface area contributed by atoms with Crippen LogP contribution in [0.15, 0.2) is 0 Å². The van der Waals surface area contributed by atoms with E-state index in [2.05, 4.69) is 4.90 Å². The van der Waals surface area contributed by atoms with Crippen LogP contribution in [0.3, 0.4) is 0 Å². The van der Waals surface area contributed by atoms with E-state index in [-0.39, 0.29) is 0 Å². The zero-order valence-corrected chi connectivity index (χ0v) is 8.54. The molecule has 0 radical (unpaired) electrons. The van der Waals surface area contributed by atoms with Crippen molar-refractivity contribution >= 4 is 0 Å². The summed E-state index contributed by atoms with van der Waals surface area (Å²) in [4.78, 5) is 2.69. The predicted molar refractivity (Wildman–Crippen MR) is 55.7 cm³/mol. The van der Waals surface area contributed by atoms with Crippen molar-refractivity contribution in [2.45, 2.75) is 57.0 Å². The first-order valence-corrected chi connectivity index (χ1v) is 5.87. The SMILES string of the molecule is NCC1CCCN1C1CCCCC1. The van der Waals surface area contributed by atoms with Gasteiger partial charge in [-0.3, -0.25) is 4.90 Å². The minimum absolute atomic E-state index is 0.711. The monoisotopic (exact) mass is 182 g/mol. The molecule has 2 nitrogen and oxygen atoms in total. The maximum absolute atomic E-state index is 5.79. The van der Waals surface area contributed by atoms with Gasteiger partial charge in [-0.25, -0.2) is 0 Å². The first-order valence-electron chi connectivity index (χ1n) is 5.87. The average molecular weight is 182 g/mol. The van der Waals surface area contributed by atoms with Crippen molar-refractivity contribution in [2.24, 2.45) is 5.73 Å². The Balaban J connectivity index is 1.90. The van der Waals surface area contributed by atoms with E-state index in [1.807, 2.05) is 0 Å². The molecule has 1 aliphatic heterocycles. The fraction of sp³-hybridized carbons (Fsp3) is 1.00. The maximum atomic E-state index is 5.79. The molecule has 1 atom stereocenters. The molecule has 1 heterocycles. The summed E-state index contributed by atoms with van der Waals surface area (Å²) in [5.41, 5.74) is 5.79. The van der Waals surface area contributed by atoms with Crippen LogP contribution >= 0.6 is 0 Å². The van der Waals surface area contributed by atoms with Crippen LogP contribution < -0.4 is 5.73 Å². The lowest BCUT2D eigenvalue weighted by atomic mass is 9.94. The third kappa shape index (κ3) is 2.05. The van der Waals surface area contributed by atoms with Crippen LogP contribution in [0.5, 0.6) is 0 Å². The first-order chi connectivity index (χ1) is 6.42. The minimum Gasteiger partial charge on any atom is -0.329 e. The van der Waals surface area contributed by atoms with Crippen molar-refractivity contribution in [1.29, 1.82) is 0 Å². The number of likely N-dealkylation sites (tertiary alicyclic amines) is 1. The number of hydrogen-bond donors (Lipinski definition) is 1. The number of rotatable bonds is 2. The number of nitrogens with two attached hydrogens (primary N) is 1. The van der Waals surface area contributed by atoms with E-state index in [9.17, 15) is 0 Å². The molecule has 2 rings (SSSR count). The molecule has 2 heteroatoms. The summed E-state index contributed by atoms with van der Waals surface area (Å²) in [6, 6.07) is 1.59. The fourth-order valence-corrected chi connectivity index (χ4v) is 3.00. The van der Waals surface area contributed by atoms with E-state index in [4.69, 9.17) is 5.73 Å². The zero-order chi connectivity index (χ0) is 9.10. The van der Waals surface area contributed by atoms with Crippen molar-refractivity contribution in [2.75, 3.05) is 13.1 Å². The third-order valence-electron chi connectivity index (χ3n) is 3.74. The second kappa shape index (κ2) is 4.43. The van der Waals surface area contributed by atoms with Crippen molar-refractivity contribution in [1.82, 2.24) is 4.90 Å². The van der Waals surface area contributed by atoms with Crippen LogP contribution in [0.4, 0.5) is 0 Å². The lowest BCUT2D eigenvalue weighted by Crippen LogP contribution is -2.43. The molecular weight excluding hydrogens is 160 g/mol. The molecule has 0 amide bonds. The van der Waals surface area contributed by atoms with E-state index in [0.29, 0.717) is 6.04 Å². The highest BCUT2D eigenvalue weighted by molar-refractivity contribution is 4.86. The second-order valence-corrected chi connectivity index (χ2v) is 4.56. The Bertz CT molecular complexity index is 152. The molecule has 13 heavy (non-hydrogen) atoms. The molecule has 0 aromatic rings. The van der Waals surface area contributed by atoms with Crippen LogP contribution in [-0.4, -0.2) is 30.1 Å². The van der Waals surface area contributed by atoms with Gasteiger partial charge < -0.3 is 5.73 Å². The Labute approximate surface area is 81.5 Å². The quantitative estimate of drug-likeness (QED) is 0.705. The molecule has 2 aliphatic rings. The van der Waals surface area contributed by atoms with Gasteiger partial charge in [0.25, 0.3) is 0 Å². The summed E-state index contributed by atoms with van der Waals surface area (Å²) in [6.07, 6.45) is 9.91. The predicted octanol–water partition coefficient (Wildman–Crippen LogP) is 1.74. The van der Waals surface area contributed by atoms with Crippen molar-refractivity contribution < 1.29 is 0 Å². The lowest BCUT2D eigenvalue weighted by molar-refractivity contribution is 0.145. The fourth-order valence-electron chi connectivity index (χ4n) is 3.00. The summed E-state index contributed by atoms with van der Waals surface area (Å²) >= 11 is 0. The minimum atomic E-state index is 0.711. The summed E-state index contributed by atoms with van der Waals surface area (Å²) in [5, 5.41) is 0. The van der Waals surface area contributed by atoms with E-state index in [1.165, 1.54) is 51.5 Å². The van der Waals surface area contributed by atoms with Crippen LogP contribution in [-0.2, 0) is 0 Å². The highest BCUT2D eigenvalue weighted by atomic mass is 15.2. The Kier molecular flexibility index (Phi) is 3.23. The van der Waals surface area contributed by atoms with Gasteiger partial charge in [-0.2, -0.15) is 0 Å². The Morgan fingerprint density at radius 1 is 1.00 bits per heavy atom. The highest BCUT2D eigenvalue weighted by Gasteiger charge is 2.30. The van der Waals surface area contributed by atoms with Crippen LogP contribution in [0.1, 0.15) is 44.9 Å². The first kappa shape index (κ1) is 9.47. The Hall–Kier alpha value is -0.0800. The van der Waals surface area contributed by atoms with Crippen molar-refractivity contribution in [3.05, 3.63) is 0 Å².